The van der Waals surface area contributed by atoms with E-state index < -0.39 is 11.4 Å². The van der Waals surface area contributed by atoms with Crippen molar-refractivity contribution in [2.45, 2.75) is 19.4 Å². The van der Waals surface area contributed by atoms with Crippen LogP contribution >= 0.6 is 0 Å². The molecule has 1 aliphatic rings. The molecule has 38 heavy (non-hydrogen) atoms. The van der Waals surface area contributed by atoms with Crippen molar-refractivity contribution in [3.63, 3.8) is 0 Å². The Kier molecular flexibility index (Phi) is 7.52. The normalized spacial score (nSPS) is 14.2. The van der Waals surface area contributed by atoms with Crippen LogP contribution in [-0.4, -0.2) is 51.2 Å². The quantitative estimate of drug-likeness (QED) is 0.332. The molecule has 0 atom stereocenters. The number of hydrogen-bond acceptors (Lipinski definition) is 6. The zero-order chi connectivity index (χ0) is 26.5. The Morgan fingerprint density at radius 1 is 1.08 bits per heavy atom. The van der Waals surface area contributed by atoms with Crippen molar-refractivity contribution in [1.82, 2.24) is 24.4 Å². The van der Waals surface area contributed by atoms with Gasteiger partial charge < -0.3 is 14.2 Å². The van der Waals surface area contributed by atoms with Gasteiger partial charge in [0.1, 0.15) is 0 Å². The van der Waals surface area contributed by atoms with Crippen molar-refractivity contribution >= 4 is 5.69 Å². The van der Waals surface area contributed by atoms with E-state index in [1.807, 2.05) is 24.3 Å². The van der Waals surface area contributed by atoms with E-state index in [9.17, 15) is 9.18 Å². The van der Waals surface area contributed by atoms with Crippen LogP contribution < -0.4 is 10.3 Å². The zero-order valence-corrected chi connectivity index (χ0v) is 21.0. The summed E-state index contributed by atoms with van der Waals surface area (Å²) in [6.07, 6.45) is 8.66. The third-order valence-electron chi connectivity index (χ3n) is 6.70. The van der Waals surface area contributed by atoms with Crippen LogP contribution in [0.3, 0.4) is 0 Å². The van der Waals surface area contributed by atoms with Gasteiger partial charge in [0.15, 0.2) is 23.1 Å². The number of likely N-dealkylation sites (tertiary alicyclic amines) is 1. The highest BCUT2D eigenvalue weighted by atomic mass is 19.1. The standard InChI is InChI=1S/C29H27FN6O2/c1-31-24-6-9-32-27(14-24)23-13-26(30)29(37)36(18-23)17-21-4-3-5-22(12-21)28-33-15-25(16-34-28)38-19-20-7-10-35(2)11-8-20/h3-6,9,12-16,18,20H,7-8,10-11,17,19H2,2H3. The maximum absolute atomic E-state index is 14.5. The second kappa shape index (κ2) is 11.3. The Hall–Kier alpha value is -4.42. The summed E-state index contributed by atoms with van der Waals surface area (Å²) in [5, 5.41) is 0. The Labute approximate surface area is 220 Å². The van der Waals surface area contributed by atoms with E-state index in [0.29, 0.717) is 41.0 Å². The van der Waals surface area contributed by atoms with Gasteiger partial charge in [-0.3, -0.25) is 9.78 Å². The number of rotatable bonds is 7. The average Bonchev–Trinajstić information content (AvgIpc) is 2.95. The van der Waals surface area contributed by atoms with Crippen LogP contribution in [0.15, 0.2) is 72.0 Å². The van der Waals surface area contributed by atoms with Gasteiger partial charge in [-0.25, -0.2) is 19.2 Å². The first kappa shape index (κ1) is 25.2. The molecular formula is C29H27FN6O2. The molecule has 0 radical (unpaired) electrons. The first-order valence-electron chi connectivity index (χ1n) is 12.4. The monoisotopic (exact) mass is 510 g/mol. The third-order valence-corrected chi connectivity index (χ3v) is 6.70. The minimum absolute atomic E-state index is 0.151. The molecule has 4 heterocycles. The van der Waals surface area contributed by atoms with E-state index in [-0.39, 0.29) is 6.54 Å². The van der Waals surface area contributed by atoms with E-state index in [1.54, 1.807) is 30.7 Å². The topological polar surface area (TPSA) is 77.5 Å². The molecule has 4 aromatic rings. The number of benzene rings is 1. The summed E-state index contributed by atoms with van der Waals surface area (Å²) in [7, 11) is 2.14. The smallest absolute Gasteiger partial charge is 0.286 e. The first-order valence-corrected chi connectivity index (χ1v) is 12.4. The molecule has 0 aliphatic carbocycles. The largest absolute Gasteiger partial charge is 0.490 e. The molecule has 8 nitrogen and oxygen atoms in total. The lowest BCUT2D eigenvalue weighted by molar-refractivity contribution is 0.159. The number of pyridine rings is 2. The van der Waals surface area contributed by atoms with Crippen molar-refractivity contribution in [2.75, 3.05) is 26.7 Å². The van der Waals surface area contributed by atoms with Crippen molar-refractivity contribution in [1.29, 1.82) is 0 Å². The molecule has 0 amide bonds. The number of hydrogen-bond donors (Lipinski definition) is 0. The lowest BCUT2D eigenvalue weighted by Crippen LogP contribution is -2.32. The fraction of sp³-hybridized carbons (Fsp3) is 0.276. The van der Waals surface area contributed by atoms with Gasteiger partial charge in [0, 0.05) is 23.5 Å². The molecule has 0 bridgehead atoms. The van der Waals surface area contributed by atoms with Gasteiger partial charge in [0.05, 0.1) is 37.8 Å². The predicted molar refractivity (Wildman–Crippen MR) is 142 cm³/mol. The molecular weight excluding hydrogens is 483 g/mol. The molecule has 0 saturated carbocycles. The number of halogens is 1. The molecule has 9 heteroatoms. The third kappa shape index (κ3) is 5.93. The van der Waals surface area contributed by atoms with Gasteiger partial charge >= 0.3 is 0 Å². The van der Waals surface area contributed by atoms with Crippen LogP contribution in [0, 0.1) is 18.3 Å². The lowest BCUT2D eigenvalue weighted by atomic mass is 9.98. The van der Waals surface area contributed by atoms with Crippen LogP contribution in [0.5, 0.6) is 5.75 Å². The molecule has 1 saturated heterocycles. The zero-order valence-electron chi connectivity index (χ0n) is 21.0. The summed E-state index contributed by atoms with van der Waals surface area (Å²) in [5.74, 6) is 0.832. The van der Waals surface area contributed by atoms with Gasteiger partial charge in [0.25, 0.3) is 5.56 Å². The Morgan fingerprint density at radius 3 is 2.63 bits per heavy atom. The summed E-state index contributed by atoms with van der Waals surface area (Å²) in [6.45, 7) is 10.2. The van der Waals surface area contributed by atoms with Crippen LogP contribution in [-0.2, 0) is 6.54 Å². The van der Waals surface area contributed by atoms with Gasteiger partial charge in [-0.2, -0.15) is 0 Å². The molecule has 1 aliphatic heterocycles. The molecule has 1 aromatic carbocycles. The first-order chi connectivity index (χ1) is 18.5. The van der Waals surface area contributed by atoms with Crippen molar-refractivity contribution in [3.8, 4) is 28.4 Å². The fourth-order valence-electron chi connectivity index (χ4n) is 4.49. The second-order valence-corrected chi connectivity index (χ2v) is 9.52. The average molecular weight is 511 g/mol. The van der Waals surface area contributed by atoms with E-state index >= 15 is 0 Å². The number of ether oxygens (including phenoxy) is 1. The summed E-state index contributed by atoms with van der Waals surface area (Å²) in [6, 6.07) is 11.8. The highest BCUT2D eigenvalue weighted by Crippen LogP contribution is 2.23. The van der Waals surface area contributed by atoms with Crippen LogP contribution in [0.1, 0.15) is 18.4 Å². The Balaban J connectivity index is 1.31. The molecule has 0 N–H and O–H groups in total. The molecule has 0 spiro atoms. The fourth-order valence-corrected chi connectivity index (χ4v) is 4.49. The minimum atomic E-state index is -0.882. The Bertz CT molecular complexity index is 1520. The van der Waals surface area contributed by atoms with Crippen molar-refractivity contribution < 1.29 is 9.13 Å². The van der Waals surface area contributed by atoms with Gasteiger partial charge in [0.2, 0.25) is 0 Å². The SMILES string of the molecule is [C-]#[N+]c1ccnc(-c2cc(F)c(=O)n(Cc3cccc(-c4ncc(OCC5CCN(C)CC5)cn4)c3)c2)c1. The highest BCUT2D eigenvalue weighted by molar-refractivity contribution is 5.63. The molecule has 1 fully saturated rings. The van der Waals surface area contributed by atoms with Crippen LogP contribution in [0.2, 0.25) is 0 Å². The maximum Gasteiger partial charge on any atom is 0.286 e. The maximum atomic E-state index is 14.5. The summed E-state index contributed by atoms with van der Waals surface area (Å²) < 4.78 is 21.8. The summed E-state index contributed by atoms with van der Waals surface area (Å²) >= 11 is 0. The Morgan fingerprint density at radius 2 is 1.87 bits per heavy atom. The van der Waals surface area contributed by atoms with Crippen LogP contribution in [0.25, 0.3) is 27.5 Å². The molecule has 3 aromatic heterocycles. The molecule has 5 rings (SSSR count). The van der Waals surface area contributed by atoms with E-state index in [4.69, 9.17) is 11.3 Å². The van der Waals surface area contributed by atoms with E-state index in [1.165, 1.54) is 10.8 Å². The molecule has 192 valence electrons. The number of nitrogens with zero attached hydrogens (tertiary/aromatic N) is 6. The van der Waals surface area contributed by atoms with Crippen molar-refractivity contribution in [2.24, 2.45) is 5.92 Å². The van der Waals surface area contributed by atoms with Crippen LogP contribution in [0.4, 0.5) is 10.1 Å². The summed E-state index contributed by atoms with van der Waals surface area (Å²) in [5.41, 5.74) is 2.06. The van der Waals surface area contributed by atoms with Gasteiger partial charge in [-0.05, 0) is 68.7 Å². The molecule has 0 unspecified atom stereocenters. The van der Waals surface area contributed by atoms with Gasteiger partial charge in [-0.1, -0.05) is 18.2 Å². The number of piperidine rings is 1. The van der Waals surface area contributed by atoms with Gasteiger partial charge in [-0.15, -0.1) is 0 Å². The lowest BCUT2D eigenvalue weighted by Gasteiger charge is -2.28. The van der Waals surface area contributed by atoms with E-state index in [0.717, 1.165) is 43.1 Å². The van der Waals surface area contributed by atoms with E-state index in [2.05, 4.69) is 31.7 Å². The minimum Gasteiger partial charge on any atom is -0.490 e. The highest BCUT2D eigenvalue weighted by Gasteiger charge is 2.17. The van der Waals surface area contributed by atoms with Crippen molar-refractivity contribution in [3.05, 3.63) is 100 Å². The second-order valence-electron chi connectivity index (χ2n) is 9.52. The predicted octanol–water partition coefficient (Wildman–Crippen LogP) is 4.83. The number of aromatic nitrogens is 4. The summed E-state index contributed by atoms with van der Waals surface area (Å²) in [4.78, 5) is 31.4.